The minimum atomic E-state index is -4.09. The van der Waals surface area contributed by atoms with Gasteiger partial charge in [-0.25, -0.2) is 4.39 Å². The molecule has 1 nitrogen and oxygen atoms in total. The molecule has 0 saturated carbocycles. The molecule has 0 fully saturated rings. The van der Waals surface area contributed by atoms with E-state index in [1.54, 1.807) is 6.07 Å². The minimum Gasteiger partial charge on any atom is -0.310 e. The molecule has 108 valence electrons. The Balaban J connectivity index is 2.31. The molecule has 1 unspecified atom stereocenters. The molecule has 0 radical (unpaired) electrons. The Hall–Kier alpha value is -0.810. The van der Waals surface area contributed by atoms with Crippen molar-refractivity contribution in [3.8, 4) is 0 Å². The lowest BCUT2D eigenvalue weighted by Crippen LogP contribution is -2.20. The van der Waals surface area contributed by atoms with Crippen LogP contribution in [0.1, 0.15) is 37.8 Å². The zero-order valence-electron chi connectivity index (χ0n) is 10.5. The summed E-state index contributed by atoms with van der Waals surface area (Å²) < 4.78 is 48.7. The van der Waals surface area contributed by atoms with Gasteiger partial charge in [0, 0.05) is 12.5 Å². The van der Waals surface area contributed by atoms with Gasteiger partial charge in [-0.05, 0) is 44.0 Å². The molecule has 0 aliphatic heterocycles. The highest BCUT2D eigenvalue weighted by Crippen LogP contribution is 2.23. The van der Waals surface area contributed by atoms with Crippen molar-refractivity contribution in [2.45, 2.75) is 38.4 Å². The Kier molecular flexibility index (Phi) is 6.07. The van der Waals surface area contributed by atoms with E-state index in [-0.39, 0.29) is 17.5 Å². The molecule has 1 rings (SSSR count). The Bertz CT molecular complexity index is 406. The highest BCUT2D eigenvalue weighted by atomic mass is 35.5. The monoisotopic (exact) mass is 297 g/mol. The van der Waals surface area contributed by atoms with Crippen LogP contribution in [0.15, 0.2) is 18.2 Å². The third kappa shape index (κ3) is 6.25. The van der Waals surface area contributed by atoms with Crippen molar-refractivity contribution < 1.29 is 17.6 Å². The van der Waals surface area contributed by atoms with Crippen molar-refractivity contribution >= 4 is 11.6 Å². The van der Waals surface area contributed by atoms with Gasteiger partial charge < -0.3 is 5.32 Å². The van der Waals surface area contributed by atoms with Gasteiger partial charge in [-0.15, -0.1) is 0 Å². The van der Waals surface area contributed by atoms with Crippen LogP contribution in [0.4, 0.5) is 17.6 Å². The van der Waals surface area contributed by atoms with Gasteiger partial charge in [0.1, 0.15) is 5.82 Å². The maximum absolute atomic E-state index is 13.0. The molecular weight excluding hydrogens is 282 g/mol. The molecule has 1 atom stereocenters. The summed E-state index contributed by atoms with van der Waals surface area (Å²) in [5, 5.41) is 3.13. The van der Waals surface area contributed by atoms with Crippen LogP contribution in [0.25, 0.3) is 0 Å². The van der Waals surface area contributed by atoms with E-state index in [0.29, 0.717) is 13.0 Å². The normalized spacial score (nSPS) is 13.6. The maximum atomic E-state index is 13.0. The van der Waals surface area contributed by atoms with Crippen molar-refractivity contribution in [2.75, 3.05) is 6.54 Å². The average molecular weight is 298 g/mol. The summed E-state index contributed by atoms with van der Waals surface area (Å²) in [5.41, 5.74) is 0.808. The first-order valence-electron chi connectivity index (χ1n) is 6.04. The second-order valence-corrected chi connectivity index (χ2v) is 4.83. The number of unbranched alkanes of at least 4 members (excludes halogenated alkanes) is 1. The molecule has 0 heterocycles. The fraction of sp³-hybridized carbons (Fsp3) is 0.538. The van der Waals surface area contributed by atoms with Gasteiger partial charge in [-0.1, -0.05) is 17.7 Å². The molecule has 0 aromatic heterocycles. The lowest BCUT2D eigenvalue weighted by molar-refractivity contribution is -0.135. The van der Waals surface area contributed by atoms with Gasteiger partial charge in [0.05, 0.1) is 5.02 Å². The number of rotatable bonds is 6. The fourth-order valence-electron chi connectivity index (χ4n) is 1.67. The standard InChI is InChI=1S/C13H16ClF4N/c1-9(10-4-5-12(15)11(14)8-10)19-7-3-2-6-13(16,17)18/h4-5,8-9,19H,2-3,6-7H2,1H3. The Morgan fingerprint density at radius 1 is 1.26 bits per heavy atom. The third-order valence-corrected chi connectivity index (χ3v) is 3.07. The maximum Gasteiger partial charge on any atom is 0.389 e. The smallest absolute Gasteiger partial charge is 0.310 e. The highest BCUT2D eigenvalue weighted by Gasteiger charge is 2.25. The van der Waals surface area contributed by atoms with E-state index in [2.05, 4.69) is 5.32 Å². The molecule has 0 aliphatic carbocycles. The van der Waals surface area contributed by atoms with Gasteiger partial charge in [0.2, 0.25) is 0 Å². The van der Waals surface area contributed by atoms with Crippen LogP contribution in [0.3, 0.4) is 0 Å². The number of nitrogens with one attached hydrogen (secondary N) is 1. The van der Waals surface area contributed by atoms with Gasteiger partial charge in [0.15, 0.2) is 0 Å². The van der Waals surface area contributed by atoms with Crippen LogP contribution in [0, 0.1) is 5.82 Å². The summed E-state index contributed by atoms with van der Waals surface area (Å²) in [6, 6.07) is 4.32. The number of hydrogen-bond acceptors (Lipinski definition) is 1. The molecule has 1 aromatic carbocycles. The van der Waals surface area contributed by atoms with Crippen LogP contribution in [-0.4, -0.2) is 12.7 Å². The summed E-state index contributed by atoms with van der Waals surface area (Å²) in [6.45, 7) is 2.33. The van der Waals surface area contributed by atoms with Crippen molar-refractivity contribution in [2.24, 2.45) is 0 Å². The molecule has 0 saturated heterocycles. The summed E-state index contributed by atoms with van der Waals surface area (Å²) in [5.74, 6) is -0.484. The van der Waals surface area contributed by atoms with Crippen LogP contribution in [-0.2, 0) is 0 Å². The van der Waals surface area contributed by atoms with E-state index in [1.165, 1.54) is 12.1 Å². The second-order valence-electron chi connectivity index (χ2n) is 4.42. The molecule has 0 aliphatic rings. The van der Waals surface area contributed by atoms with E-state index in [1.807, 2.05) is 6.92 Å². The molecule has 19 heavy (non-hydrogen) atoms. The van der Waals surface area contributed by atoms with E-state index < -0.39 is 18.4 Å². The van der Waals surface area contributed by atoms with Crippen molar-refractivity contribution in [3.05, 3.63) is 34.6 Å². The number of alkyl halides is 3. The molecule has 0 amide bonds. The van der Waals surface area contributed by atoms with Gasteiger partial charge in [-0.2, -0.15) is 13.2 Å². The van der Waals surface area contributed by atoms with Crippen LogP contribution in [0.2, 0.25) is 5.02 Å². The Morgan fingerprint density at radius 2 is 1.95 bits per heavy atom. The van der Waals surface area contributed by atoms with Crippen LogP contribution in [0.5, 0.6) is 0 Å². The van der Waals surface area contributed by atoms with Crippen molar-refractivity contribution in [1.82, 2.24) is 5.32 Å². The molecule has 6 heteroatoms. The molecule has 1 aromatic rings. The number of hydrogen-bond donors (Lipinski definition) is 1. The van der Waals surface area contributed by atoms with Gasteiger partial charge in [0.25, 0.3) is 0 Å². The molecule has 0 spiro atoms. The SMILES string of the molecule is CC(NCCCCC(F)(F)F)c1ccc(F)c(Cl)c1. The number of halogens is 5. The molecule has 1 N–H and O–H groups in total. The zero-order valence-corrected chi connectivity index (χ0v) is 11.3. The van der Waals surface area contributed by atoms with E-state index in [0.717, 1.165) is 5.56 Å². The van der Waals surface area contributed by atoms with Gasteiger partial charge >= 0.3 is 6.18 Å². The van der Waals surface area contributed by atoms with E-state index >= 15 is 0 Å². The summed E-state index contributed by atoms with van der Waals surface area (Å²) >= 11 is 5.66. The lowest BCUT2D eigenvalue weighted by Gasteiger charge is -2.15. The summed E-state index contributed by atoms with van der Waals surface area (Å²) in [4.78, 5) is 0. The molecular formula is C13H16ClF4N. The number of benzene rings is 1. The predicted molar refractivity (Wildman–Crippen MR) is 67.7 cm³/mol. The Morgan fingerprint density at radius 3 is 2.53 bits per heavy atom. The van der Waals surface area contributed by atoms with Gasteiger partial charge in [-0.3, -0.25) is 0 Å². The average Bonchev–Trinajstić information content (AvgIpc) is 2.30. The first-order valence-corrected chi connectivity index (χ1v) is 6.42. The quantitative estimate of drug-likeness (QED) is 0.584. The van der Waals surface area contributed by atoms with E-state index in [9.17, 15) is 17.6 Å². The predicted octanol–water partition coefficient (Wildman–Crippen LogP) is 4.86. The first-order chi connectivity index (χ1) is 8.79. The van der Waals surface area contributed by atoms with Crippen LogP contribution < -0.4 is 5.32 Å². The largest absolute Gasteiger partial charge is 0.389 e. The minimum absolute atomic E-state index is 0.0446. The first kappa shape index (κ1) is 16.2. The Labute approximate surface area is 115 Å². The second kappa shape index (κ2) is 7.10. The molecule has 0 bridgehead atoms. The summed E-state index contributed by atoms with van der Waals surface area (Å²) in [7, 11) is 0. The highest BCUT2D eigenvalue weighted by molar-refractivity contribution is 6.30. The lowest BCUT2D eigenvalue weighted by atomic mass is 10.1. The third-order valence-electron chi connectivity index (χ3n) is 2.78. The van der Waals surface area contributed by atoms with Crippen molar-refractivity contribution in [3.63, 3.8) is 0 Å². The zero-order chi connectivity index (χ0) is 14.5. The fourth-order valence-corrected chi connectivity index (χ4v) is 1.86. The van der Waals surface area contributed by atoms with Crippen LogP contribution >= 0.6 is 11.6 Å². The summed E-state index contributed by atoms with van der Waals surface area (Å²) in [6.07, 6.45) is -4.30. The van der Waals surface area contributed by atoms with Crippen molar-refractivity contribution in [1.29, 1.82) is 0 Å². The topological polar surface area (TPSA) is 12.0 Å². The van der Waals surface area contributed by atoms with E-state index in [4.69, 9.17) is 11.6 Å².